The molecule has 0 aliphatic rings. The first-order chi connectivity index (χ1) is 42.5. The van der Waals surface area contributed by atoms with E-state index >= 15 is 0 Å². The minimum absolute atomic E-state index is 0.00715. The third kappa shape index (κ3) is 71.4. The van der Waals surface area contributed by atoms with Crippen LogP contribution in [0.3, 0.4) is 0 Å². The monoisotopic (exact) mass is 1210 g/mol. The van der Waals surface area contributed by atoms with E-state index in [-0.39, 0.29) is 18.5 Å². The van der Waals surface area contributed by atoms with Gasteiger partial charge in [0.05, 0.1) is 25.4 Å². The smallest absolute Gasteiger partial charge is 0.305 e. The molecule has 2 unspecified atom stereocenters. The van der Waals surface area contributed by atoms with Gasteiger partial charge in [-0.25, -0.2) is 0 Å². The molecule has 0 aromatic rings. The molecule has 6 nitrogen and oxygen atoms in total. The standard InChI is InChI=1S/C80H155NO5/c1-3-5-7-9-11-13-15-17-18-19-20-21-33-36-39-42-45-49-52-56-60-64-68-72-78(83)77(76-82)81-79(84)73-69-65-61-57-53-50-46-43-40-37-34-31-29-27-25-23-22-24-26-28-30-32-35-38-41-44-47-51-55-59-63-67-71-75-86-80(85)74-70-66-62-58-54-48-16-14-12-10-8-6-4-2/h8,10,14,16,77-78,82-83H,3-7,9,11-13,15,17-76H2,1-2H3,(H,81,84)/b10-8-,16-14-. The van der Waals surface area contributed by atoms with Crippen LogP contribution < -0.4 is 5.32 Å². The second-order valence-electron chi connectivity index (χ2n) is 27.4. The van der Waals surface area contributed by atoms with E-state index in [9.17, 15) is 19.8 Å². The van der Waals surface area contributed by atoms with E-state index in [1.165, 1.54) is 366 Å². The van der Waals surface area contributed by atoms with E-state index in [0.717, 1.165) is 51.4 Å². The lowest BCUT2D eigenvalue weighted by atomic mass is 10.0. The number of nitrogens with one attached hydrogen (secondary N) is 1. The molecule has 1 amide bonds. The summed E-state index contributed by atoms with van der Waals surface area (Å²) in [5.74, 6) is -0.0173. The minimum Gasteiger partial charge on any atom is -0.466 e. The molecule has 0 heterocycles. The van der Waals surface area contributed by atoms with Crippen LogP contribution in [-0.2, 0) is 14.3 Å². The van der Waals surface area contributed by atoms with Gasteiger partial charge in [-0.3, -0.25) is 9.59 Å². The Morgan fingerprint density at radius 2 is 0.605 bits per heavy atom. The maximum atomic E-state index is 12.6. The van der Waals surface area contributed by atoms with Gasteiger partial charge in [0.2, 0.25) is 5.91 Å². The van der Waals surface area contributed by atoms with Crippen LogP contribution in [0.4, 0.5) is 0 Å². The zero-order valence-corrected chi connectivity index (χ0v) is 58.6. The van der Waals surface area contributed by atoms with Gasteiger partial charge < -0.3 is 20.3 Å². The lowest BCUT2D eigenvalue weighted by Crippen LogP contribution is -2.45. The number of carbonyl (C=O) groups excluding carboxylic acids is 2. The fraction of sp³-hybridized carbons (Fsp3) is 0.925. The molecule has 0 radical (unpaired) electrons. The molecule has 86 heavy (non-hydrogen) atoms. The Labute approximate surface area is 539 Å². The van der Waals surface area contributed by atoms with Crippen molar-refractivity contribution >= 4 is 11.9 Å². The molecular weight excluding hydrogens is 1050 g/mol. The number of rotatable bonds is 75. The van der Waals surface area contributed by atoms with Crippen LogP contribution in [0.1, 0.15) is 450 Å². The van der Waals surface area contributed by atoms with E-state index in [1.807, 2.05) is 0 Å². The van der Waals surface area contributed by atoms with Gasteiger partial charge in [0.15, 0.2) is 0 Å². The number of allylic oxidation sites excluding steroid dienone is 4. The number of hydrogen-bond acceptors (Lipinski definition) is 5. The van der Waals surface area contributed by atoms with Gasteiger partial charge >= 0.3 is 5.97 Å². The Balaban J connectivity index is 3.33. The van der Waals surface area contributed by atoms with Crippen LogP contribution in [0.15, 0.2) is 24.3 Å². The van der Waals surface area contributed by atoms with E-state index in [4.69, 9.17) is 4.74 Å². The average Bonchev–Trinajstić information content (AvgIpc) is 3.55. The third-order valence-electron chi connectivity index (χ3n) is 18.7. The highest BCUT2D eigenvalue weighted by molar-refractivity contribution is 5.76. The zero-order chi connectivity index (χ0) is 62.0. The van der Waals surface area contributed by atoms with Gasteiger partial charge in [0.1, 0.15) is 0 Å². The average molecular weight is 1210 g/mol. The van der Waals surface area contributed by atoms with Crippen LogP contribution in [-0.4, -0.2) is 47.4 Å². The van der Waals surface area contributed by atoms with E-state index < -0.39 is 12.1 Å². The minimum atomic E-state index is -0.662. The Bertz CT molecular complexity index is 1350. The van der Waals surface area contributed by atoms with Crippen molar-refractivity contribution in [3.63, 3.8) is 0 Å². The van der Waals surface area contributed by atoms with E-state index in [1.54, 1.807) is 0 Å². The summed E-state index contributed by atoms with van der Waals surface area (Å²) in [5, 5.41) is 23.5. The van der Waals surface area contributed by atoms with Crippen LogP contribution in [0.25, 0.3) is 0 Å². The second kappa shape index (κ2) is 75.8. The number of esters is 1. The van der Waals surface area contributed by atoms with Crippen molar-refractivity contribution < 1.29 is 24.5 Å². The molecule has 510 valence electrons. The summed E-state index contributed by atoms with van der Waals surface area (Å²) < 4.78 is 5.48. The predicted molar refractivity (Wildman–Crippen MR) is 380 cm³/mol. The highest BCUT2D eigenvalue weighted by Gasteiger charge is 2.20. The SMILES string of the molecule is CCC/C=C\C/C=C\CCCCCCCC(=O)OCCCCCCCCCCCCCCCCCCCCCCCCCCCCCCCCCCCC(=O)NC(CO)C(O)CCCCCCCCCCCCCCCCCCCCCCCCC. The first-order valence-electron chi connectivity index (χ1n) is 39.6. The van der Waals surface area contributed by atoms with E-state index in [0.29, 0.717) is 25.9 Å². The van der Waals surface area contributed by atoms with Gasteiger partial charge in [-0.05, 0) is 51.4 Å². The molecule has 0 fully saturated rings. The summed E-state index contributed by atoms with van der Waals surface area (Å²) in [5.41, 5.74) is 0. The van der Waals surface area contributed by atoms with Gasteiger partial charge in [0.25, 0.3) is 0 Å². The quantitative estimate of drug-likeness (QED) is 0.0320. The van der Waals surface area contributed by atoms with E-state index in [2.05, 4.69) is 43.5 Å². The van der Waals surface area contributed by atoms with Crippen LogP contribution in [0.5, 0.6) is 0 Å². The highest BCUT2D eigenvalue weighted by Crippen LogP contribution is 2.20. The molecule has 2 atom stereocenters. The largest absolute Gasteiger partial charge is 0.466 e. The number of ether oxygens (including phenoxy) is 1. The highest BCUT2D eigenvalue weighted by atomic mass is 16.5. The molecular formula is C80H155NO5. The fourth-order valence-electron chi connectivity index (χ4n) is 12.7. The van der Waals surface area contributed by atoms with Gasteiger partial charge in [-0.15, -0.1) is 0 Å². The van der Waals surface area contributed by atoms with Crippen molar-refractivity contribution in [1.29, 1.82) is 0 Å². The van der Waals surface area contributed by atoms with Crippen molar-refractivity contribution in [2.75, 3.05) is 13.2 Å². The maximum Gasteiger partial charge on any atom is 0.305 e. The zero-order valence-electron chi connectivity index (χ0n) is 58.6. The Kier molecular flexibility index (Phi) is 74.3. The summed E-state index contributed by atoms with van der Waals surface area (Å²) in [6.45, 7) is 4.94. The topological polar surface area (TPSA) is 95.9 Å². The Morgan fingerprint density at radius 3 is 0.930 bits per heavy atom. The molecule has 0 aromatic heterocycles. The third-order valence-corrected chi connectivity index (χ3v) is 18.7. The number of hydrogen-bond donors (Lipinski definition) is 3. The summed E-state index contributed by atoms with van der Waals surface area (Å²) in [4.78, 5) is 24.6. The summed E-state index contributed by atoms with van der Waals surface area (Å²) >= 11 is 0. The first kappa shape index (κ1) is 84.3. The second-order valence-corrected chi connectivity index (χ2v) is 27.4. The molecule has 0 spiro atoms. The summed E-state index contributed by atoms with van der Waals surface area (Å²) in [6, 6.07) is -0.539. The molecule has 0 aromatic carbocycles. The molecule has 0 saturated carbocycles. The fourth-order valence-corrected chi connectivity index (χ4v) is 12.7. The lowest BCUT2D eigenvalue weighted by Gasteiger charge is -2.22. The molecule has 6 heteroatoms. The number of amides is 1. The van der Waals surface area contributed by atoms with Crippen LogP contribution in [0.2, 0.25) is 0 Å². The van der Waals surface area contributed by atoms with Crippen molar-refractivity contribution in [3.8, 4) is 0 Å². The molecule has 0 rings (SSSR count). The maximum absolute atomic E-state index is 12.6. The molecule has 0 aliphatic carbocycles. The van der Waals surface area contributed by atoms with Gasteiger partial charge in [-0.2, -0.15) is 0 Å². The Hall–Kier alpha value is -1.66. The lowest BCUT2D eigenvalue weighted by molar-refractivity contribution is -0.143. The Morgan fingerprint density at radius 1 is 0.326 bits per heavy atom. The number of aliphatic hydroxyl groups excluding tert-OH is 2. The van der Waals surface area contributed by atoms with Crippen molar-refractivity contribution in [2.24, 2.45) is 0 Å². The molecule has 0 aliphatic heterocycles. The summed E-state index contributed by atoms with van der Waals surface area (Å²) in [7, 11) is 0. The summed E-state index contributed by atoms with van der Waals surface area (Å²) in [6.07, 6.45) is 97.0. The normalized spacial score (nSPS) is 12.6. The number of aliphatic hydroxyl groups is 2. The molecule has 0 saturated heterocycles. The number of unbranched alkanes of at least 4 members (excludes halogenated alkanes) is 60. The molecule has 0 bridgehead atoms. The van der Waals surface area contributed by atoms with Gasteiger partial charge in [-0.1, -0.05) is 411 Å². The van der Waals surface area contributed by atoms with Crippen molar-refractivity contribution in [2.45, 2.75) is 463 Å². The van der Waals surface area contributed by atoms with Gasteiger partial charge in [0, 0.05) is 12.8 Å². The number of carbonyl (C=O) groups is 2. The van der Waals surface area contributed by atoms with Crippen molar-refractivity contribution in [1.82, 2.24) is 5.32 Å². The molecule has 3 N–H and O–H groups in total. The van der Waals surface area contributed by atoms with Crippen molar-refractivity contribution in [3.05, 3.63) is 24.3 Å². The predicted octanol–water partition coefficient (Wildman–Crippen LogP) is 26.0. The van der Waals surface area contributed by atoms with Crippen LogP contribution in [0, 0.1) is 0 Å². The van der Waals surface area contributed by atoms with Crippen LogP contribution >= 0.6 is 0 Å². The first-order valence-corrected chi connectivity index (χ1v) is 39.6.